The average Bonchev–Trinajstić information content (AvgIpc) is 2.31. The molecular weight excluding hydrogens is 204 g/mol. The number of rotatable bonds is 3. The second kappa shape index (κ2) is 4.99. The summed E-state index contributed by atoms with van der Waals surface area (Å²) in [5.74, 6) is 0.0361. The molecule has 16 heavy (non-hydrogen) atoms. The van der Waals surface area contributed by atoms with Crippen molar-refractivity contribution in [3.05, 3.63) is 23.8 Å². The van der Waals surface area contributed by atoms with Crippen molar-refractivity contribution in [3.63, 3.8) is 0 Å². The number of piperidine rings is 1. The molecule has 1 aliphatic rings. The van der Waals surface area contributed by atoms with Crippen LogP contribution < -0.4 is 10.6 Å². The highest BCUT2D eigenvalue weighted by Crippen LogP contribution is 2.24. The van der Waals surface area contributed by atoms with E-state index in [9.17, 15) is 9.90 Å². The molecular formula is C12H16N2O2. The molecule has 1 saturated heterocycles. The molecule has 2 rings (SSSR count). The van der Waals surface area contributed by atoms with Crippen molar-refractivity contribution >= 4 is 12.0 Å². The van der Waals surface area contributed by atoms with E-state index >= 15 is 0 Å². The maximum Gasteiger partial charge on any atom is 0.155 e. The Kier molecular flexibility index (Phi) is 3.41. The lowest BCUT2D eigenvalue weighted by molar-refractivity contribution is 0.112. The third kappa shape index (κ3) is 2.33. The fourth-order valence-electron chi connectivity index (χ4n) is 1.99. The van der Waals surface area contributed by atoms with Crippen LogP contribution in [0.15, 0.2) is 18.2 Å². The maximum atomic E-state index is 10.9. The van der Waals surface area contributed by atoms with E-state index in [2.05, 4.69) is 10.6 Å². The summed E-state index contributed by atoms with van der Waals surface area (Å²) in [6.07, 6.45) is 2.76. The lowest BCUT2D eigenvalue weighted by Gasteiger charge is -2.25. The third-order valence-electron chi connectivity index (χ3n) is 2.90. The van der Waals surface area contributed by atoms with Gasteiger partial charge in [-0.15, -0.1) is 0 Å². The first-order valence-electron chi connectivity index (χ1n) is 5.55. The Labute approximate surface area is 94.7 Å². The largest absolute Gasteiger partial charge is 0.507 e. The summed E-state index contributed by atoms with van der Waals surface area (Å²) in [5.41, 5.74) is 1.07. The van der Waals surface area contributed by atoms with Crippen LogP contribution in [0.1, 0.15) is 23.2 Å². The van der Waals surface area contributed by atoms with Gasteiger partial charge in [0.2, 0.25) is 0 Å². The Hall–Kier alpha value is -1.55. The monoisotopic (exact) mass is 220 g/mol. The molecule has 4 heteroatoms. The zero-order valence-electron chi connectivity index (χ0n) is 9.07. The molecule has 1 aromatic carbocycles. The van der Waals surface area contributed by atoms with Crippen molar-refractivity contribution in [1.82, 2.24) is 5.32 Å². The minimum Gasteiger partial charge on any atom is -0.507 e. The zero-order chi connectivity index (χ0) is 11.4. The maximum absolute atomic E-state index is 10.9. The van der Waals surface area contributed by atoms with Gasteiger partial charge in [0.1, 0.15) is 5.75 Å². The first kappa shape index (κ1) is 11.0. The summed E-state index contributed by atoms with van der Waals surface area (Å²) < 4.78 is 0. The number of benzene rings is 1. The third-order valence-corrected chi connectivity index (χ3v) is 2.90. The van der Waals surface area contributed by atoms with Crippen LogP contribution in [-0.4, -0.2) is 30.5 Å². The summed E-state index contributed by atoms with van der Waals surface area (Å²) in [5, 5.41) is 16.1. The van der Waals surface area contributed by atoms with Crippen LogP contribution in [-0.2, 0) is 0 Å². The second-order valence-electron chi connectivity index (χ2n) is 4.02. The number of aromatic hydroxyl groups is 1. The minimum atomic E-state index is 0.0361. The first-order chi connectivity index (χ1) is 7.81. The fraction of sp³-hybridized carbons (Fsp3) is 0.417. The van der Waals surface area contributed by atoms with Gasteiger partial charge in [-0.3, -0.25) is 4.79 Å². The van der Waals surface area contributed by atoms with Crippen LogP contribution >= 0.6 is 0 Å². The van der Waals surface area contributed by atoms with Crippen LogP contribution in [0, 0.1) is 0 Å². The Morgan fingerprint density at radius 2 is 2.12 bits per heavy atom. The van der Waals surface area contributed by atoms with Crippen molar-refractivity contribution < 1.29 is 9.90 Å². The number of aldehydes is 1. The minimum absolute atomic E-state index is 0.0361. The lowest BCUT2D eigenvalue weighted by Crippen LogP contribution is -2.35. The summed E-state index contributed by atoms with van der Waals surface area (Å²) in [4.78, 5) is 10.9. The van der Waals surface area contributed by atoms with Crippen LogP contribution in [0.4, 0.5) is 5.69 Å². The molecule has 86 valence electrons. The standard InChI is InChI=1S/C12H16N2O2/c15-8-10-11(2-1-3-12(10)16)14-9-4-6-13-7-5-9/h1-3,8-9,13-14,16H,4-7H2. The molecule has 0 spiro atoms. The molecule has 0 unspecified atom stereocenters. The van der Waals surface area contributed by atoms with Gasteiger partial charge in [-0.25, -0.2) is 0 Å². The number of hydrogen-bond donors (Lipinski definition) is 3. The van der Waals surface area contributed by atoms with Crippen LogP contribution in [0.2, 0.25) is 0 Å². The van der Waals surface area contributed by atoms with E-state index < -0.39 is 0 Å². The normalized spacial score (nSPS) is 17.0. The first-order valence-corrected chi connectivity index (χ1v) is 5.55. The van der Waals surface area contributed by atoms with E-state index in [-0.39, 0.29) is 5.75 Å². The number of phenolic OH excluding ortho intramolecular Hbond substituents is 1. The summed E-state index contributed by atoms with van der Waals surface area (Å²) in [6, 6.07) is 5.47. The molecule has 0 bridgehead atoms. The highest BCUT2D eigenvalue weighted by Gasteiger charge is 2.15. The Bertz CT molecular complexity index is 373. The molecule has 0 amide bonds. The average molecular weight is 220 g/mol. The smallest absolute Gasteiger partial charge is 0.155 e. The van der Waals surface area contributed by atoms with Gasteiger partial charge in [0.25, 0.3) is 0 Å². The summed E-state index contributed by atoms with van der Waals surface area (Å²) in [7, 11) is 0. The molecule has 0 saturated carbocycles. The van der Waals surface area contributed by atoms with Crippen molar-refractivity contribution in [2.24, 2.45) is 0 Å². The number of carbonyl (C=O) groups excluding carboxylic acids is 1. The number of nitrogens with one attached hydrogen (secondary N) is 2. The van der Waals surface area contributed by atoms with Gasteiger partial charge in [0, 0.05) is 11.7 Å². The number of phenols is 1. The predicted octanol–water partition coefficient (Wildman–Crippen LogP) is 1.37. The Morgan fingerprint density at radius 1 is 1.38 bits per heavy atom. The molecule has 0 atom stereocenters. The van der Waals surface area contributed by atoms with Gasteiger partial charge < -0.3 is 15.7 Å². The lowest BCUT2D eigenvalue weighted by atomic mass is 10.1. The van der Waals surface area contributed by atoms with E-state index in [4.69, 9.17) is 0 Å². The van der Waals surface area contributed by atoms with Gasteiger partial charge in [-0.1, -0.05) is 6.07 Å². The molecule has 1 aliphatic heterocycles. The van der Waals surface area contributed by atoms with Gasteiger partial charge in [0.05, 0.1) is 5.56 Å². The van der Waals surface area contributed by atoms with Gasteiger partial charge in [-0.05, 0) is 38.1 Å². The van der Waals surface area contributed by atoms with Crippen LogP contribution in [0.5, 0.6) is 5.75 Å². The molecule has 4 nitrogen and oxygen atoms in total. The molecule has 1 aromatic rings. The second-order valence-corrected chi connectivity index (χ2v) is 4.02. The van der Waals surface area contributed by atoms with E-state index in [0.717, 1.165) is 31.6 Å². The fourth-order valence-corrected chi connectivity index (χ4v) is 1.99. The van der Waals surface area contributed by atoms with Crippen molar-refractivity contribution in [1.29, 1.82) is 0 Å². The summed E-state index contributed by atoms with van der Waals surface area (Å²) in [6.45, 7) is 1.99. The van der Waals surface area contributed by atoms with Crippen LogP contribution in [0.3, 0.4) is 0 Å². The topological polar surface area (TPSA) is 61.4 Å². The van der Waals surface area contributed by atoms with Crippen LogP contribution in [0.25, 0.3) is 0 Å². The number of hydrogen-bond acceptors (Lipinski definition) is 4. The van der Waals surface area contributed by atoms with Gasteiger partial charge >= 0.3 is 0 Å². The van der Waals surface area contributed by atoms with E-state index in [1.54, 1.807) is 6.07 Å². The van der Waals surface area contributed by atoms with Crippen molar-refractivity contribution in [3.8, 4) is 5.75 Å². The highest BCUT2D eigenvalue weighted by atomic mass is 16.3. The molecule has 3 N–H and O–H groups in total. The van der Waals surface area contributed by atoms with E-state index in [1.165, 1.54) is 6.07 Å². The Morgan fingerprint density at radius 3 is 2.81 bits per heavy atom. The predicted molar refractivity (Wildman–Crippen MR) is 63.0 cm³/mol. The van der Waals surface area contributed by atoms with E-state index in [1.807, 2.05) is 6.07 Å². The van der Waals surface area contributed by atoms with E-state index in [0.29, 0.717) is 17.9 Å². The molecule has 0 aromatic heterocycles. The summed E-state index contributed by atoms with van der Waals surface area (Å²) >= 11 is 0. The van der Waals surface area contributed by atoms with Gasteiger partial charge in [0.15, 0.2) is 6.29 Å². The zero-order valence-corrected chi connectivity index (χ0v) is 9.07. The van der Waals surface area contributed by atoms with Gasteiger partial charge in [-0.2, -0.15) is 0 Å². The molecule has 1 fully saturated rings. The molecule has 1 heterocycles. The highest BCUT2D eigenvalue weighted by molar-refractivity contribution is 5.88. The molecule has 0 aliphatic carbocycles. The number of anilines is 1. The quantitative estimate of drug-likeness (QED) is 0.673. The van der Waals surface area contributed by atoms with Crippen molar-refractivity contribution in [2.75, 3.05) is 18.4 Å². The molecule has 0 radical (unpaired) electrons. The SMILES string of the molecule is O=Cc1c(O)cccc1NC1CCNCC1. The number of carbonyl (C=O) groups is 1. The van der Waals surface area contributed by atoms with Crippen molar-refractivity contribution in [2.45, 2.75) is 18.9 Å². The Balaban J connectivity index is 2.13.